The van der Waals surface area contributed by atoms with Gasteiger partial charge in [0, 0.05) is 0 Å². The average Bonchev–Trinajstić information content (AvgIpc) is 1.86. The lowest BCUT2D eigenvalue weighted by Gasteiger charge is -1.65. The van der Waals surface area contributed by atoms with Crippen LogP contribution in [0.3, 0.4) is 0 Å². The molecule has 0 fully saturated rings. The Kier molecular flexibility index (Phi) is 0.506. The molecular formula is C2H2N3O. The summed E-state index contributed by atoms with van der Waals surface area (Å²) in [5, 5.41) is 6.38. The topological polar surface area (TPSA) is 64.9 Å². The minimum absolute atomic E-state index is 0.0509. The van der Waals surface area contributed by atoms with E-state index in [1.165, 1.54) is 0 Å². The summed E-state index contributed by atoms with van der Waals surface area (Å²) in [5.74, 6) is 0. The summed E-state index contributed by atoms with van der Waals surface area (Å²) in [6.07, 6.45) is 2.07. The Morgan fingerprint density at radius 3 is 2.83 bits per heavy atom. The molecule has 31 valence electrons. The molecule has 4 nitrogen and oxygen atoms in total. The fraction of sp³-hybridized carbons (Fsp3) is 0. The van der Waals surface area contributed by atoms with Crippen LogP contribution in [0.4, 0.5) is 6.01 Å². The molecule has 0 saturated carbocycles. The van der Waals surface area contributed by atoms with E-state index in [9.17, 15) is 0 Å². The first-order valence-corrected chi connectivity index (χ1v) is 1.34. The highest BCUT2D eigenvalue weighted by Crippen LogP contribution is 1.85. The van der Waals surface area contributed by atoms with Crippen molar-refractivity contribution in [3.05, 3.63) is 6.39 Å². The van der Waals surface area contributed by atoms with Crippen molar-refractivity contribution in [1.29, 1.82) is 0 Å². The van der Waals surface area contributed by atoms with Crippen molar-refractivity contribution < 1.29 is 4.42 Å². The maximum atomic E-state index is 4.91. The Bertz CT molecular complexity index is 112. The Labute approximate surface area is 34.0 Å². The van der Waals surface area contributed by atoms with E-state index >= 15 is 0 Å². The van der Waals surface area contributed by atoms with Crippen molar-refractivity contribution in [1.82, 2.24) is 10.2 Å². The third kappa shape index (κ3) is 0.314. The van der Waals surface area contributed by atoms with E-state index in [1.807, 2.05) is 0 Å². The lowest BCUT2D eigenvalue weighted by atomic mass is 11.2. The summed E-state index contributed by atoms with van der Waals surface area (Å²) in [6, 6.07) is 0.0509. The molecule has 2 N–H and O–H groups in total. The van der Waals surface area contributed by atoms with Crippen LogP contribution < -0.4 is 5.73 Å². The SMILES string of the molecule is Nc1nn[c]o1. The van der Waals surface area contributed by atoms with E-state index in [0.29, 0.717) is 0 Å². The zero-order valence-corrected chi connectivity index (χ0v) is 2.88. The Morgan fingerprint density at radius 1 is 1.83 bits per heavy atom. The monoisotopic (exact) mass is 84.0 g/mol. The van der Waals surface area contributed by atoms with Crippen molar-refractivity contribution in [2.75, 3.05) is 5.73 Å². The van der Waals surface area contributed by atoms with Crippen LogP contribution in [-0.4, -0.2) is 10.2 Å². The molecule has 0 bridgehead atoms. The molecule has 1 aromatic heterocycles. The normalized spacial score (nSPS) is 8.67. The molecule has 0 aliphatic rings. The molecule has 0 spiro atoms. The van der Waals surface area contributed by atoms with Gasteiger partial charge in [-0.1, -0.05) is 5.10 Å². The zero-order valence-electron chi connectivity index (χ0n) is 2.88. The van der Waals surface area contributed by atoms with Gasteiger partial charge in [0.2, 0.25) is 0 Å². The smallest absolute Gasteiger partial charge is 0.313 e. The van der Waals surface area contributed by atoms with Gasteiger partial charge in [-0.05, 0) is 0 Å². The molecule has 6 heavy (non-hydrogen) atoms. The van der Waals surface area contributed by atoms with Gasteiger partial charge in [-0.3, -0.25) is 0 Å². The van der Waals surface area contributed by atoms with Gasteiger partial charge in [-0.25, -0.2) is 0 Å². The predicted octanol–water partition coefficient (Wildman–Crippen LogP) is -0.548. The largest absolute Gasteiger partial charge is 0.399 e. The summed E-state index contributed by atoms with van der Waals surface area (Å²) in [7, 11) is 0. The van der Waals surface area contributed by atoms with Crippen molar-refractivity contribution in [2.45, 2.75) is 0 Å². The quantitative estimate of drug-likeness (QED) is 0.458. The van der Waals surface area contributed by atoms with Crippen molar-refractivity contribution in [3.63, 3.8) is 0 Å². The number of nitrogens with zero attached hydrogens (tertiary/aromatic N) is 2. The molecule has 1 heterocycles. The maximum Gasteiger partial charge on any atom is 0.313 e. The molecule has 0 amide bonds. The zero-order chi connectivity index (χ0) is 4.41. The first-order chi connectivity index (χ1) is 2.89. The van der Waals surface area contributed by atoms with E-state index in [1.54, 1.807) is 0 Å². The van der Waals surface area contributed by atoms with Crippen LogP contribution in [0.2, 0.25) is 0 Å². The minimum Gasteiger partial charge on any atom is -0.399 e. The van der Waals surface area contributed by atoms with Gasteiger partial charge in [-0.15, -0.1) is 5.10 Å². The van der Waals surface area contributed by atoms with Crippen molar-refractivity contribution in [2.24, 2.45) is 0 Å². The molecule has 1 radical (unpaired) electrons. The number of hydrogen-bond donors (Lipinski definition) is 1. The van der Waals surface area contributed by atoms with Crippen LogP contribution >= 0.6 is 0 Å². The second-order valence-electron chi connectivity index (χ2n) is 0.732. The predicted molar refractivity (Wildman–Crippen MR) is 17.5 cm³/mol. The van der Waals surface area contributed by atoms with Crippen LogP contribution in [-0.2, 0) is 0 Å². The Morgan fingerprint density at radius 2 is 2.67 bits per heavy atom. The molecular weight excluding hydrogens is 82.0 g/mol. The molecule has 0 unspecified atom stereocenters. The number of anilines is 1. The standard InChI is InChI=1S/C2H2N3O/c3-2-5-4-1-6-2/h(H2,3,5). The van der Waals surface area contributed by atoms with E-state index < -0.39 is 0 Å². The summed E-state index contributed by atoms with van der Waals surface area (Å²) >= 11 is 0. The first kappa shape index (κ1) is 3.14. The molecule has 0 aliphatic heterocycles. The van der Waals surface area contributed by atoms with Crippen LogP contribution in [0, 0.1) is 6.39 Å². The van der Waals surface area contributed by atoms with Crippen LogP contribution in [0.15, 0.2) is 4.42 Å². The highest BCUT2D eigenvalue weighted by Gasteiger charge is 1.81. The molecule has 1 rings (SSSR count). The van der Waals surface area contributed by atoms with Gasteiger partial charge in [0.15, 0.2) is 0 Å². The second-order valence-corrected chi connectivity index (χ2v) is 0.732. The van der Waals surface area contributed by atoms with Crippen LogP contribution in [0.5, 0.6) is 0 Å². The molecule has 0 aromatic carbocycles. The van der Waals surface area contributed by atoms with Gasteiger partial charge in [0.25, 0.3) is 0 Å². The first-order valence-electron chi connectivity index (χ1n) is 1.34. The molecule has 0 atom stereocenters. The van der Waals surface area contributed by atoms with E-state index in [0.717, 1.165) is 0 Å². The third-order valence-corrected chi connectivity index (χ3v) is 0.340. The molecule has 0 aliphatic carbocycles. The van der Waals surface area contributed by atoms with E-state index in [4.69, 9.17) is 5.73 Å². The highest BCUT2D eigenvalue weighted by molar-refractivity contribution is 5.00. The van der Waals surface area contributed by atoms with Crippen LogP contribution in [0.1, 0.15) is 0 Å². The summed E-state index contributed by atoms with van der Waals surface area (Å²) in [4.78, 5) is 0. The van der Waals surface area contributed by atoms with Gasteiger partial charge in [0.05, 0.1) is 0 Å². The fourth-order valence-corrected chi connectivity index (χ4v) is 0.157. The fourth-order valence-electron chi connectivity index (χ4n) is 0.157. The van der Waals surface area contributed by atoms with Crippen molar-refractivity contribution >= 4 is 6.01 Å². The summed E-state index contributed by atoms with van der Waals surface area (Å²) < 4.78 is 4.26. The summed E-state index contributed by atoms with van der Waals surface area (Å²) in [6.45, 7) is 0. The van der Waals surface area contributed by atoms with Crippen molar-refractivity contribution in [3.8, 4) is 0 Å². The summed E-state index contributed by atoms with van der Waals surface area (Å²) in [5.41, 5.74) is 4.91. The van der Waals surface area contributed by atoms with E-state index in [-0.39, 0.29) is 6.01 Å². The highest BCUT2D eigenvalue weighted by atomic mass is 16.4. The lowest BCUT2D eigenvalue weighted by molar-refractivity contribution is 0.564. The van der Waals surface area contributed by atoms with Gasteiger partial charge in [-0.2, -0.15) is 0 Å². The van der Waals surface area contributed by atoms with Crippen LogP contribution in [0.25, 0.3) is 0 Å². The Hall–Kier alpha value is -1.06. The number of rotatable bonds is 0. The van der Waals surface area contributed by atoms with Gasteiger partial charge in [0.1, 0.15) is 0 Å². The molecule has 4 heteroatoms. The average molecular weight is 84.1 g/mol. The lowest BCUT2D eigenvalue weighted by Crippen LogP contribution is -1.81. The Balaban J connectivity index is 3.05. The minimum atomic E-state index is 0.0509. The van der Waals surface area contributed by atoms with E-state index in [2.05, 4.69) is 21.0 Å². The van der Waals surface area contributed by atoms with Gasteiger partial charge >= 0.3 is 12.4 Å². The number of nitrogens with two attached hydrogens (primary N) is 1. The maximum absolute atomic E-state index is 4.91. The number of aromatic nitrogens is 2. The number of nitrogen functional groups attached to an aromatic ring is 1. The molecule has 0 saturated heterocycles. The number of hydrogen-bond acceptors (Lipinski definition) is 4. The molecule has 1 aromatic rings. The second kappa shape index (κ2) is 0.965. The van der Waals surface area contributed by atoms with Gasteiger partial charge < -0.3 is 10.2 Å². The third-order valence-electron chi connectivity index (χ3n) is 0.340.